The van der Waals surface area contributed by atoms with E-state index in [0.717, 1.165) is 12.8 Å². The van der Waals surface area contributed by atoms with E-state index in [1.54, 1.807) is 7.11 Å². The molecule has 0 saturated heterocycles. The maximum Gasteiger partial charge on any atom is 0.236 e. The van der Waals surface area contributed by atoms with Gasteiger partial charge in [-0.3, -0.25) is 4.79 Å². The molecule has 0 rings (SSSR count). The van der Waals surface area contributed by atoms with Crippen molar-refractivity contribution in [1.82, 2.24) is 5.32 Å². The van der Waals surface area contributed by atoms with Gasteiger partial charge in [0.05, 0.1) is 6.61 Å². The van der Waals surface area contributed by atoms with E-state index in [1.807, 2.05) is 0 Å². The fourth-order valence-corrected chi connectivity index (χ4v) is 1.19. The van der Waals surface area contributed by atoms with Gasteiger partial charge in [-0.25, -0.2) is 0 Å². The number of rotatable bonds is 7. The van der Waals surface area contributed by atoms with Gasteiger partial charge in [-0.05, 0) is 12.8 Å². The second-order valence-electron chi connectivity index (χ2n) is 3.09. The quantitative estimate of drug-likeness (QED) is 0.602. The van der Waals surface area contributed by atoms with Gasteiger partial charge in [-0.2, -0.15) is 0 Å². The zero-order chi connectivity index (χ0) is 10.3. The number of hydrogen-bond acceptors (Lipinski definition) is 3. The molecule has 1 atom stereocenters. The fourth-order valence-electron chi connectivity index (χ4n) is 1.19. The van der Waals surface area contributed by atoms with E-state index in [9.17, 15) is 4.79 Å². The third kappa shape index (κ3) is 4.85. The number of carbonyl (C=O) groups is 1. The van der Waals surface area contributed by atoms with Crippen LogP contribution in [0.1, 0.15) is 26.7 Å². The molecule has 0 aliphatic heterocycles. The number of methoxy groups -OCH3 is 1. The van der Waals surface area contributed by atoms with E-state index in [-0.39, 0.29) is 11.9 Å². The summed E-state index contributed by atoms with van der Waals surface area (Å²) in [5.74, 6) is -0.353. The standard InChI is InChI=1S/C9H20N2O2/c1-4-7(5-2)11-8(6-13-3)9(10)12/h7-8,11H,4-6H2,1-3H3,(H2,10,12). The number of hydrogen-bond donors (Lipinski definition) is 2. The van der Waals surface area contributed by atoms with Gasteiger partial charge in [0.25, 0.3) is 0 Å². The summed E-state index contributed by atoms with van der Waals surface area (Å²) in [4.78, 5) is 10.9. The van der Waals surface area contributed by atoms with Crippen molar-refractivity contribution in [2.45, 2.75) is 38.8 Å². The predicted molar refractivity (Wildman–Crippen MR) is 52.4 cm³/mol. The van der Waals surface area contributed by atoms with Crippen LogP contribution in [-0.2, 0) is 9.53 Å². The first-order valence-electron chi connectivity index (χ1n) is 4.69. The van der Waals surface area contributed by atoms with Crippen molar-refractivity contribution in [2.24, 2.45) is 5.73 Å². The van der Waals surface area contributed by atoms with Crippen LogP contribution >= 0.6 is 0 Å². The lowest BCUT2D eigenvalue weighted by atomic mass is 10.1. The summed E-state index contributed by atoms with van der Waals surface area (Å²) >= 11 is 0. The fraction of sp³-hybridized carbons (Fsp3) is 0.889. The average Bonchev–Trinajstić information content (AvgIpc) is 2.11. The Morgan fingerprint density at radius 1 is 1.46 bits per heavy atom. The van der Waals surface area contributed by atoms with E-state index in [1.165, 1.54) is 0 Å². The largest absolute Gasteiger partial charge is 0.383 e. The summed E-state index contributed by atoms with van der Waals surface area (Å²) in [7, 11) is 1.56. The van der Waals surface area contributed by atoms with Gasteiger partial charge in [-0.1, -0.05) is 13.8 Å². The number of ether oxygens (including phenoxy) is 1. The topological polar surface area (TPSA) is 64.3 Å². The summed E-state index contributed by atoms with van der Waals surface area (Å²) in [5, 5.41) is 3.15. The summed E-state index contributed by atoms with van der Waals surface area (Å²) in [5.41, 5.74) is 5.20. The molecule has 0 aliphatic carbocycles. The van der Waals surface area contributed by atoms with Crippen LogP contribution in [0.3, 0.4) is 0 Å². The average molecular weight is 188 g/mol. The number of primary amides is 1. The Bertz CT molecular complexity index is 147. The van der Waals surface area contributed by atoms with E-state index in [2.05, 4.69) is 19.2 Å². The van der Waals surface area contributed by atoms with Crippen LogP contribution in [-0.4, -0.2) is 31.7 Å². The summed E-state index contributed by atoms with van der Waals surface area (Å²) in [6.45, 7) is 4.49. The lowest BCUT2D eigenvalue weighted by molar-refractivity contribution is -0.121. The first-order chi connectivity index (χ1) is 6.15. The Hall–Kier alpha value is -0.610. The SMILES string of the molecule is CCC(CC)NC(COC)C(N)=O. The smallest absolute Gasteiger partial charge is 0.236 e. The van der Waals surface area contributed by atoms with Crippen LogP contribution in [0.15, 0.2) is 0 Å². The maximum absolute atomic E-state index is 10.9. The third-order valence-electron chi connectivity index (χ3n) is 2.10. The Balaban J connectivity index is 3.99. The summed E-state index contributed by atoms with van der Waals surface area (Å²) < 4.78 is 4.89. The highest BCUT2D eigenvalue weighted by Crippen LogP contribution is 1.98. The molecule has 78 valence electrons. The van der Waals surface area contributed by atoms with Gasteiger partial charge in [-0.15, -0.1) is 0 Å². The van der Waals surface area contributed by atoms with E-state index < -0.39 is 0 Å². The van der Waals surface area contributed by atoms with Crippen molar-refractivity contribution < 1.29 is 9.53 Å². The predicted octanol–water partition coefficient (Wildman–Crippen LogP) is 0.265. The Kier molecular flexibility index (Phi) is 6.54. The molecular formula is C9H20N2O2. The summed E-state index contributed by atoms with van der Waals surface area (Å²) in [6, 6.07) is -0.0254. The Labute approximate surface area is 79.8 Å². The van der Waals surface area contributed by atoms with Gasteiger partial charge in [0.1, 0.15) is 6.04 Å². The van der Waals surface area contributed by atoms with Gasteiger partial charge in [0.15, 0.2) is 0 Å². The second-order valence-corrected chi connectivity index (χ2v) is 3.09. The van der Waals surface area contributed by atoms with Crippen LogP contribution < -0.4 is 11.1 Å². The number of carbonyl (C=O) groups excluding carboxylic acids is 1. The molecule has 0 heterocycles. The molecule has 0 bridgehead atoms. The Morgan fingerprint density at radius 3 is 2.31 bits per heavy atom. The lowest BCUT2D eigenvalue weighted by Gasteiger charge is -2.21. The summed E-state index contributed by atoms with van der Waals surface area (Å²) in [6.07, 6.45) is 1.98. The zero-order valence-electron chi connectivity index (χ0n) is 8.67. The molecule has 0 aromatic rings. The van der Waals surface area contributed by atoms with E-state index in [4.69, 9.17) is 10.5 Å². The van der Waals surface area contributed by atoms with Crippen LogP contribution in [0.25, 0.3) is 0 Å². The molecule has 13 heavy (non-hydrogen) atoms. The maximum atomic E-state index is 10.9. The van der Waals surface area contributed by atoms with Crippen molar-refractivity contribution in [3.63, 3.8) is 0 Å². The molecule has 0 aliphatic rings. The number of nitrogens with one attached hydrogen (secondary N) is 1. The highest BCUT2D eigenvalue weighted by Gasteiger charge is 2.17. The minimum absolute atomic E-state index is 0.339. The molecule has 0 aromatic carbocycles. The second kappa shape index (κ2) is 6.86. The highest BCUT2D eigenvalue weighted by atomic mass is 16.5. The first kappa shape index (κ1) is 12.4. The van der Waals surface area contributed by atoms with Crippen molar-refractivity contribution in [3.05, 3.63) is 0 Å². The van der Waals surface area contributed by atoms with Crippen molar-refractivity contribution in [2.75, 3.05) is 13.7 Å². The van der Waals surface area contributed by atoms with Crippen molar-refractivity contribution in [3.8, 4) is 0 Å². The molecule has 0 spiro atoms. The molecular weight excluding hydrogens is 168 g/mol. The molecule has 1 unspecified atom stereocenters. The minimum Gasteiger partial charge on any atom is -0.383 e. The Morgan fingerprint density at radius 2 is 2.00 bits per heavy atom. The van der Waals surface area contributed by atoms with Crippen LogP contribution in [0.4, 0.5) is 0 Å². The first-order valence-corrected chi connectivity index (χ1v) is 4.69. The van der Waals surface area contributed by atoms with E-state index in [0.29, 0.717) is 12.6 Å². The molecule has 4 heteroatoms. The van der Waals surface area contributed by atoms with Crippen LogP contribution in [0.2, 0.25) is 0 Å². The van der Waals surface area contributed by atoms with Gasteiger partial charge in [0, 0.05) is 13.2 Å². The van der Waals surface area contributed by atoms with Gasteiger partial charge >= 0.3 is 0 Å². The van der Waals surface area contributed by atoms with E-state index >= 15 is 0 Å². The highest BCUT2D eigenvalue weighted by molar-refractivity contribution is 5.80. The molecule has 4 nitrogen and oxygen atoms in total. The van der Waals surface area contributed by atoms with Gasteiger partial charge in [0.2, 0.25) is 5.91 Å². The van der Waals surface area contributed by atoms with Crippen molar-refractivity contribution >= 4 is 5.91 Å². The lowest BCUT2D eigenvalue weighted by Crippen LogP contribution is -2.48. The molecule has 1 amide bonds. The molecule has 0 saturated carbocycles. The van der Waals surface area contributed by atoms with Crippen LogP contribution in [0, 0.1) is 0 Å². The minimum atomic E-state index is -0.366. The number of nitrogens with two attached hydrogens (primary N) is 1. The van der Waals surface area contributed by atoms with Crippen LogP contribution in [0.5, 0.6) is 0 Å². The normalized spacial score (nSPS) is 13.2. The number of amides is 1. The molecule has 0 aromatic heterocycles. The monoisotopic (exact) mass is 188 g/mol. The van der Waals surface area contributed by atoms with Crippen molar-refractivity contribution in [1.29, 1.82) is 0 Å². The van der Waals surface area contributed by atoms with Gasteiger partial charge < -0.3 is 15.8 Å². The molecule has 0 radical (unpaired) electrons. The zero-order valence-corrected chi connectivity index (χ0v) is 8.67. The third-order valence-corrected chi connectivity index (χ3v) is 2.10. The molecule has 3 N–H and O–H groups in total. The molecule has 0 fully saturated rings.